The van der Waals surface area contributed by atoms with Crippen LogP contribution in [0.15, 0.2) is 46.8 Å². The van der Waals surface area contributed by atoms with E-state index >= 15 is 0 Å². The molecule has 7 heteroatoms. The number of benzene rings is 1. The molecule has 2 saturated heterocycles. The normalized spacial score (nSPS) is 21.8. The quantitative estimate of drug-likeness (QED) is 0.478. The fraction of sp³-hybridized carbons (Fsp3) is 0.542. The van der Waals surface area contributed by atoms with E-state index in [0.29, 0.717) is 12.6 Å². The summed E-state index contributed by atoms with van der Waals surface area (Å²) < 4.78 is 11.8. The Balaban J connectivity index is 1.36. The minimum absolute atomic E-state index is 0.159. The number of aliphatic imine (C=N–C) groups is 1. The van der Waals surface area contributed by atoms with Gasteiger partial charge >= 0.3 is 0 Å². The summed E-state index contributed by atoms with van der Waals surface area (Å²) in [5.41, 5.74) is 0.989. The molecular formula is C24H34N4O2S. The molecule has 1 aromatic carbocycles. The fourth-order valence-electron chi connectivity index (χ4n) is 4.11. The average molecular weight is 443 g/mol. The highest BCUT2D eigenvalue weighted by molar-refractivity contribution is 7.09. The number of fused-ring (bicyclic) bond motifs is 1. The van der Waals surface area contributed by atoms with E-state index in [1.54, 1.807) is 11.3 Å². The molecule has 0 amide bonds. The lowest BCUT2D eigenvalue weighted by atomic mass is 10.2. The Kier molecular flexibility index (Phi) is 7.83. The van der Waals surface area contributed by atoms with E-state index in [1.807, 2.05) is 38.1 Å². The van der Waals surface area contributed by atoms with Gasteiger partial charge in [0.2, 0.25) is 0 Å². The Bertz CT molecular complexity index is 823. The van der Waals surface area contributed by atoms with E-state index in [4.69, 9.17) is 14.5 Å². The van der Waals surface area contributed by atoms with Crippen LogP contribution in [0.4, 0.5) is 5.69 Å². The molecule has 2 N–H and O–H groups in total. The summed E-state index contributed by atoms with van der Waals surface area (Å²) >= 11 is 1.79. The summed E-state index contributed by atoms with van der Waals surface area (Å²) in [7, 11) is 0. The minimum atomic E-state index is 0.159. The topological polar surface area (TPSA) is 58.1 Å². The smallest absolute Gasteiger partial charge is 0.195 e. The van der Waals surface area contributed by atoms with Crippen molar-refractivity contribution in [2.45, 2.75) is 51.4 Å². The Morgan fingerprint density at radius 3 is 2.94 bits per heavy atom. The number of rotatable bonds is 8. The summed E-state index contributed by atoms with van der Waals surface area (Å²) in [4.78, 5) is 8.80. The van der Waals surface area contributed by atoms with Gasteiger partial charge in [-0.2, -0.15) is 0 Å². The molecule has 1 aromatic heterocycles. The van der Waals surface area contributed by atoms with Crippen molar-refractivity contribution in [1.82, 2.24) is 10.2 Å². The molecule has 168 valence electrons. The molecule has 31 heavy (non-hydrogen) atoms. The molecule has 2 fully saturated rings. The number of nitrogens with one attached hydrogen (secondary N) is 2. The van der Waals surface area contributed by atoms with Crippen molar-refractivity contribution in [2.24, 2.45) is 4.99 Å². The van der Waals surface area contributed by atoms with Crippen molar-refractivity contribution in [3.8, 4) is 5.75 Å². The molecule has 0 bridgehead atoms. The summed E-state index contributed by atoms with van der Waals surface area (Å²) in [5.74, 6) is 1.67. The molecule has 0 saturated carbocycles. The molecule has 3 heterocycles. The van der Waals surface area contributed by atoms with Crippen LogP contribution in [0.25, 0.3) is 0 Å². The van der Waals surface area contributed by atoms with Gasteiger partial charge in [-0.3, -0.25) is 9.89 Å². The molecule has 2 unspecified atom stereocenters. The number of hydrogen-bond acceptors (Lipinski definition) is 5. The molecule has 2 aliphatic rings. The monoisotopic (exact) mass is 442 g/mol. The third-order valence-electron chi connectivity index (χ3n) is 5.65. The van der Waals surface area contributed by atoms with Crippen molar-refractivity contribution in [3.63, 3.8) is 0 Å². The highest BCUT2D eigenvalue weighted by Crippen LogP contribution is 2.23. The van der Waals surface area contributed by atoms with Gasteiger partial charge in [0.25, 0.3) is 0 Å². The maximum absolute atomic E-state index is 6.09. The van der Waals surface area contributed by atoms with Crippen LogP contribution in [0.5, 0.6) is 5.75 Å². The Hall–Kier alpha value is -2.09. The van der Waals surface area contributed by atoms with Gasteiger partial charge in [0, 0.05) is 29.7 Å². The highest BCUT2D eigenvalue weighted by atomic mass is 32.1. The minimum Gasteiger partial charge on any atom is -0.491 e. The summed E-state index contributed by atoms with van der Waals surface area (Å²) in [5, 5.41) is 9.05. The van der Waals surface area contributed by atoms with Crippen molar-refractivity contribution >= 4 is 23.0 Å². The summed E-state index contributed by atoms with van der Waals surface area (Å²) in [6.07, 6.45) is 3.86. The average Bonchev–Trinajstić information content (AvgIpc) is 3.44. The van der Waals surface area contributed by atoms with Gasteiger partial charge in [0.15, 0.2) is 5.96 Å². The van der Waals surface area contributed by atoms with Crippen LogP contribution >= 0.6 is 11.3 Å². The zero-order valence-electron chi connectivity index (χ0n) is 18.5. The molecule has 0 spiro atoms. The number of hydrogen-bond donors (Lipinski definition) is 2. The van der Waals surface area contributed by atoms with Gasteiger partial charge in [-0.05, 0) is 75.4 Å². The lowest BCUT2D eigenvalue weighted by Crippen LogP contribution is -2.47. The summed E-state index contributed by atoms with van der Waals surface area (Å²) in [6.45, 7) is 8.58. The van der Waals surface area contributed by atoms with Crippen LogP contribution in [0.1, 0.15) is 31.6 Å². The van der Waals surface area contributed by atoms with E-state index in [0.717, 1.165) is 43.5 Å². The van der Waals surface area contributed by atoms with E-state index < -0.39 is 0 Å². The first-order valence-corrected chi connectivity index (χ1v) is 12.2. The molecule has 0 radical (unpaired) electrons. The SMILES string of the molecule is CC(C)Oc1ccc(NC(=NCC2CN3CCCC3CO2)NCCc2cccs2)cc1. The number of thiophene rings is 1. The van der Waals surface area contributed by atoms with Crippen molar-refractivity contribution in [1.29, 1.82) is 0 Å². The van der Waals surface area contributed by atoms with Crippen LogP contribution in [-0.4, -0.2) is 61.9 Å². The van der Waals surface area contributed by atoms with Crippen molar-refractivity contribution < 1.29 is 9.47 Å². The number of anilines is 1. The number of ether oxygens (including phenoxy) is 2. The lowest BCUT2D eigenvalue weighted by Gasteiger charge is -2.34. The van der Waals surface area contributed by atoms with Crippen LogP contribution in [0, 0.1) is 0 Å². The zero-order chi connectivity index (χ0) is 21.5. The van der Waals surface area contributed by atoms with Crippen LogP contribution in [-0.2, 0) is 11.2 Å². The predicted octanol–water partition coefficient (Wildman–Crippen LogP) is 4.00. The Morgan fingerprint density at radius 1 is 1.29 bits per heavy atom. The van der Waals surface area contributed by atoms with Gasteiger partial charge in [0.05, 0.1) is 25.4 Å². The number of nitrogens with zero attached hydrogens (tertiary/aromatic N) is 2. The third kappa shape index (κ3) is 6.69. The first-order chi connectivity index (χ1) is 15.2. The van der Waals surface area contributed by atoms with Crippen LogP contribution in [0.3, 0.4) is 0 Å². The molecule has 6 nitrogen and oxygen atoms in total. The predicted molar refractivity (Wildman–Crippen MR) is 128 cm³/mol. The maximum Gasteiger partial charge on any atom is 0.195 e. The van der Waals surface area contributed by atoms with E-state index in [9.17, 15) is 0 Å². The standard InChI is InChI=1S/C24H34N4O2S/c1-18(2)30-21-9-7-19(8-10-21)27-24(25-12-11-23-6-4-14-31-23)26-15-22-16-28-13-3-5-20(28)17-29-22/h4,6-10,14,18,20,22H,3,5,11-13,15-17H2,1-2H3,(H2,25,26,27). The first kappa shape index (κ1) is 22.1. The second kappa shape index (κ2) is 11.0. The fourth-order valence-corrected chi connectivity index (χ4v) is 4.82. The molecule has 2 aliphatic heterocycles. The maximum atomic E-state index is 6.09. The second-order valence-electron chi connectivity index (χ2n) is 8.51. The number of guanidine groups is 1. The van der Waals surface area contributed by atoms with Gasteiger partial charge in [-0.1, -0.05) is 6.07 Å². The summed E-state index contributed by atoms with van der Waals surface area (Å²) in [6, 6.07) is 12.9. The van der Waals surface area contributed by atoms with E-state index in [1.165, 1.54) is 24.3 Å². The molecule has 0 aliphatic carbocycles. The van der Waals surface area contributed by atoms with Gasteiger partial charge in [-0.15, -0.1) is 11.3 Å². The Morgan fingerprint density at radius 2 is 2.16 bits per heavy atom. The van der Waals surface area contributed by atoms with E-state index in [-0.39, 0.29) is 12.2 Å². The highest BCUT2D eigenvalue weighted by Gasteiger charge is 2.32. The molecular weight excluding hydrogens is 408 g/mol. The largest absolute Gasteiger partial charge is 0.491 e. The third-order valence-corrected chi connectivity index (χ3v) is 6.58. The molecule has 2 atom stereocenters. The van der Waals surface area contributed by atoms with Gasteiger partial charge < -0.3 is 20.1 Å². The zero-order valence-corrected chi connectivity index (χ0v) is 19.4. The van der Waals surface area contributed by atoms with Crippen LogP contribution < -0.4 is 15.4 Å². The van der Waals surface area contributed by atoms with Crippen molar-refractivity contribution in [2.75, 3.05) is 38.1 Å². The van der Waals surface area contributed by atoms with Crippen molar-refractivity contribution in [3.05, 3.63) is 46.7 Å². The Labute approximate surface area is 189 Å². The first-order valence-electron chi connectivity index (χ1n) is 11.4. The lowest BCUT2D eigenvalue weighted by molar-refractivity contribution is -0.0431. The number of morpholine rings is 1. The second-order valence-corrected chi connectivity index (χ2v) is 9.54. The van der Waals surface area contributed by atoms with Gasteiger partial charge in [-0.25, -0.2) is 0 Å². The van der Waals surface area contributed by atoms with E-state index in [2.05, 4.69) is 33.0 Å². The molecule has 2 aromatic rings. The molecule has 4 rings (SSSR count). The van der Waals surface area contributed by atoms with Gasteiger partial charge in [0.1, 0.15) is 5.75 Å². The van der Waals surface area contributed by atoms with Crippen LogP contribution in [0.2, 0.25) is 0 Å².